The fraction of sp³-hybridized carbons (Fsp3) is 0.333. The zero-order valence-electron chi connectivity index (χ0n) is 12.1. The molecule has 0 aromatic heterocycles. The molecule has 0 saturated carbocycles. The smallest absolute Gasteiger partial charge is 0.323 e. The van der Waals surface area contributed by atoms with Crippen molar-refractivity contribution in [2.75, 3.05) is 20.1 Å². The second-order valence-electron chi connectivity index (χ2n) is 5.05. The van der Waals surface area contributed by atoms with E-state index in [1.807, 2.05) is 0 Å². The number of hydrogen-bond acceptors (Lipinski definition) is 4. The van der Waals surface area contributed by atoms with Gasteiger partial charge < -0.3 is 10.0 Å². The molecule has 1 aliphatic rings. The van der Waals surface area contributed by atoms with Crippen molar-refractivity contribution < 1.29 is 24.3 Å². The Bertz CT molecular complexity index is 606. The molecule has 0 bridgehead atoms. The van der Waals surface area contributed by atoms with Crippen molar-refractivity contribution in [2.24, 2.45) is 0 Å². The molecule has 0 atom stereocenters. The highest BCUT2D eigenvalue weighted by Crippen LogP contribution is 2.22. The summed E-state index contributed by atoms with van der Waals surface area (Å²) >= 11 is 0. The molecule has 7 heteroatoms. The van der Waals surface area contributed by atoms with E-state index in [4.69, 9.17) is 5.11 Å². The Morgan fingerprint density at radius 1 is 1.14 bits per heavy atom. The highest BCUT2D eigenvalue weighted by atomic mass is 16.4. The van der Waals surface area contributed by atoms with E-state index < -0.39 is 5.97 Å². The lowest BCUT2D eigenvalue weighted by atomic mass is 10.1. The van der Waals surface area contributed by atoms with Gasteiger partial charge in [0.1, 0.15) is 6.54 Å². The topological polar surface area (TPSA) is 95.0 Å². The standard InChI is InChI=1S/C15H16N2O5/c1-16(9-13(19)20)12(18)7-4-8-17-14(21)10-5-2-3-6-11(10)15(17)22/h2-3,5-6H,4,7-9H2,1H3,(H,19,20). The van der Waals surface area contributed by atoms with Gasteiger partial charge in [-0.1, -0.05) is 12.1 Å². The summed E-state index contributed by atoms with van der Waals surface area (Å²) in [5.74, 6) is -2.13. The summed E-state index contributed by atoms with van der Waals surface area (Å²) in [7, 11) is 1.40. The largest absolute Gasteiger partial charge is 0.480 e. The molecule has 7 nitrogen and oxygen atoms in total. The molecule has 1 aliphatic heterocycles. The van der Waals surface area contributed by atoms with Gasteiger partial charge in [-0.15, -0.1) is 0 Å². The van der Waals surface area contributed by atoms with E-state index >= 15 is 0 Å². The number of amides is 3. The molecule has 0 unspecified atom stereocenters. The Kier molecular flexibility index (Phi) is 4.55. The van der Waals surface area contributed by atoms with Crippen LogP contribution in [0.25, 0.3) is 0 Å². The second kappa shape index (κ2) is 6.38. The molecule has 1 N–H and O–H groups in total. The molecule has 3 amide bonds. The van der Waals surface area contributed by atoms with Gasteiger partial charge in [-0.25, -0.2) is 0 Å². The van der Waals surface area contributed by atoms with E-state index in [2.05, 4.69) is 0 Å². The van der Waals surface area contributed by atoms with Crippen LogP contribution in [0.3, 0.4) is 0 Å². The van der Waals surface area contributed by atoms with E-state index in [0.717, 1.165) is 9.80 Å². The lowest BCUT2D eigenvalue weighted by molar-refractivity contribution is -0.143. The van der Waals surface area contributed by atoms with E-state index in [1.165, 1.54) is 7.05 Å². The highest BCUT2D eigenvalue weighted by Gasteiger charge is 2.34. The summed E-state index contributed by atoms with van der Waals surface area (Å²) in [4.78, 5) is 48.6. The van der Waals surface area contributed by atoms with Crippen LogP contribution in [0.1, 0.15) is 33.6 Å². The molecule has 1 heterocycles. The predicted octanol–water partition coefficient (Wildman–Crippen LogP) is 0.606. The summed E-state index contributed by atoms with van der Waals surface area (Å²) in [5, 5.41) is 8.61. The van der Waals surface area contributed by atoms with Crippen LogP contribution in [0.2, 0.25) is 0 Å². The van der Waals surface area contributed by atoms with Crippen molar-refractivity contribution in [2.45, 2.75) is 12.8 Å². The van der Waals surface area contributed by atoms with Gasteiger partial charge in [-0.3, -0.25) is 24.1 Å². The van der Waals surface area contributed by atoms with Crippen LogP contribution in [0.5, 0.6) is 0 Å². The molecule has 0 spiro atoms. The SMILES string of the molecule is CN(CC(=O)O)C(=O)CCCN1C(=O)c2ccccc2C1=O. The fourth-order valence-electron chi connectivity index (χ4n) is 2.31. The third-order valence-electron chi connectivity index (χ3n) is 3.45. The summed E-state index contributed by atoms with van der Waals surface area (Å²) in [6.07, 6.45) is 0.380. The quantitative estimate of drug-likeness (QED) is 0.777. The summed E-state index contributed by atoms with van der Waals surface area (Å²) in [6.45, 7) is -0.231. The number of carbonyl (C=O) groups excluding carboxylic acids is 3. The van der Waals surface area contributed by atoms with Gasteiger partial charge in [0.25, 0.3) is 11.8 Å². The molecular weight excluding hydrogens is 288 g/mol. The van der Waals surface area contributed by atoms with E-state index in [-0.39, 0.29) is 37.2 Å². The molecule has 1 aromatic carbocycles. The van der Waals surface area contributed by atoms with E-state index in [9.17, 15) is 19.2 Å². The zero-order chi connectivity index (χ0) is 16.3. The first kappa shape index (κ1) is 15.7. The van der Waals surface area contributed by atoms with Gasteiger partial charge in [-0.05, 0) is 18.6 Å². The average Bonchev–Trinajstić information content (AvgIpc) is 2.72. The van der Waals surface area contributed by atoms with Crippen LogP contribution < -0.4 is 0 Å². The maximum absolute atomic E-state index is 12.1. The highest BCUT2D eigenvalue weighted by molar-refractivity contribution is 6.21. The first-order chi connectivity index (χ1) is 10.4. The molecular formula is C15H16N2O5. The van der Waals surface area contributed by atoms with Crippen LogP contribution in [-0.2, 0) is 9.59 Å². The molecule has 116 valence electrons. The molecule has 1 aromatic rings. The molecule has 2 rings (SSSR count). The molecule has 0 fully saturated rings. The maximum atomic E-state index is 12.1. The van der Waals surface area contributed by atoms with E-state index in [1.54, 1.807) is 24.3 Å². The van der Waals surface area contributed by atoms with Gasteiger partial charge in [0, 0.05) is 20.0 Å². The molecule has 0 radical (unpaired) electrons. The van der Waals surface area contributed by atoms with Gasteiger partial charge in [0.2, 0.25) is 5.91 Å². The number of imide groups is 1. The number of carbonyl (C=O) groups is 4. The predicted molar refractivity (Wildman–Crippen MR) is 76.3 cm³/mol. The van der Waals surface area contributed by atoms with Gasteiger partial charge >= 0.3 is 5.97 Å². The lowest BCUT2D eigenvalue weighted by Crippen LogP contribution is -2.34. The van der Waals surface area contributed by atoms with Crippen LogP contribution in [0, 0.1) is 0 Å². The van der Waals surface area contributed by atoms with Gasteiger partial charge in [0.05, 0.1) is 11.1 Å². The second-order valence-corrected chi connectivity index (χ2v) is 5.05. The first-order valence-electron chi connectivity index (χ1n) is 6.83. The zero-order valence-corrected chi connectivity index (χ0v) is 12.1. The average molecular weight is 304 g/mol. The van der Waals surface area contributed by atoms with Crippen LogP contribution in [0.15, 0.2) is 24.3 Å². The summed E-state index contributed by atoms with van der Waals surface area (Å²) < 4.78 is 0. The van der Waals surface area contributed by atoms with Crippen LogP contribution in [0.4, 0.5) is 0 Å². The number of aliphatic carboxylic acids is 1. The van der Waals surface area contributed by atoms with Crippen molar-refractivity contribution in [1.29, 1.82) is 0 Å². The number of carboxylic acid groups (broad SMARTS) is 1. The Hall–Kier alpha value is -2.70. The van der Waals surface area contributed by atoms with Crippen molar-refractivity contribution >= 4 is 23.7 Å². The normalized spacial score (nSPS) is 13.2. The lowest BCUT2D eigenvalue weighted by Gasteiger charge is -2.16. The number of rotatable bonds is 6. The summed E-state index contributed by atoms with van der Waals surface area (Å²) in [5.41, 5.74) is 0.753. The molecule has 0 aliphatic carbocycles. The number of hydrogen-bond donors (Lipinski definition) is 1. The van der Waals surface area contributed by atoms with Crippen molar-refractivity contribution in [3.8, 4) is 0 Å². The Morgan fingerprint density at radius 2 is 1.68 bits per heavy atom. The van der Waals surface area contributed by atoms with Crippen molar-refractivity contribution in [3.63, 3.8) is 0 Å². The molecule has 0 saturated heterocycles. The number of benzene rings is 1. The maximum Gasteiger partial charge on any atom is 0.323 e. The Balaban J connectivity index is 1.89. The summed E-state index contributed by atoms with van der Waals surface area (Å²) in [6, 6.07) is 6.58. The molecule has 22 heavy (non-hydrogen) atoms. The van der Waals surface area contributed by atoms with Gasteiger partial charge in [0.15, 0.2) is 0 Å². The van der Waals surface area contributed by atoms with Crippen molar-refractivity contribution in [1.82, 2.24) is 9.80 Å². The number of fused-ring (bicyclic) bond motifs is 1. The van der Waals surface area contributed by atoms with Crippen LogP contribution >= 0.6 is 0 Å². The van der Waals surface area contributed by atoms with Gasteiger partial charge in [-0.2, -0.15) is 0 Å². The van der Waals surface area contributed by atoms with E-state index in [0.29, 0.717) is 17.5 Å². The van der Waals surface area contributed by atoms with Crippen molar-refractivity contribution in [3.05, 3.63) is 35.4 Å². The third-order valence-corrected chi connectivity index (χ3v) is 3.45. The third kappa shape index (κ3) is 3.13. The number of nitrogens with zero attached hydrogens (tertiary/aromatic N) is 2. The minimum atomic E-state index is -1.09. The minimum Gasteiger partial charge on any atom is -0.480 e. The number of carboxylic acids is 1. The Labute approximate surface area is 127 Å². The minimum absolute atomic E-state index is 0.0805. The number of likely N-dealkylation sites (N-methyl/N-ethyl adjacent to an activating group) is 1. The Morgan fingerprint density at radius 3 is 2.18 bits per heavy atom. The van der Waals surface area contributed by atoms with Crippen LogP contribution in [-0.4, -0.2) is 58.7 Å². The first-order valence-corrected chi connectivity index (χ1v) is 6.83. The fourth-order valence-corrected chi connectivity index (χ4v) is 2.31. The monoisotopic (exact) mass is 304 g/mol.